The van der Waals surface area contributed by atoms with E-state index < -0.39 is 41.8 Å². The second kappa shape index (κ2) is 10.9. The molecule has 0 aromatic carbocycles. The van der Waals surface area contributed by atoms with Gasteiger partial charge < -0.3 is 15.9 Å². The van der Waals surface area contributed by atoms with Gasteiger partial charge in [-0.05, 0) is 5.57 Å². The molecule has 1 saturated heterocycles. The Bertz CT molecular complexity index is 1440. The van der Waals surface area contributed by atoms with Crippen LogP contribution < -0.4 is 21.6 Å². The number of hydrazine groups is 2. The lowest BCUT2D eigenvalue weighted by molar-refractivity contribution is -0.149. The number of fused-ring (bicyclic) bond motifs is 2. The van der Waals surface area contributed by atoms with E-state index in [0.29, 0.717) is 10.6 Å². The lowest BCUT2D eigenvalue weighted by atomic mass is 10.0. The van der Waals surface area contributed by atoms with E-state index in [2.05, 4.69) is 15.5 Å². The summed E-state index contributed by atoms with van der Waals surface area (Å²) in [7, 11) is 0. The first-order chi connectivity index (χ1) is 19.2. The molecule has 5 rings (SSSR count). The van der Waals surface area contributed by atoms with Crippen LogP contribution in [-0.4, -0.2) is 101 Å². The molecule has 17 nitrogen and oxygen atoms in total. The molecule has 0 unspecified atom stereocenters. The van der Waals surface area contributed by atoms with Crippen molar-refractivity contribution in [3.63, 3.8) is 0 Å². The maximum atomic E-state index is 13.3. The summed E-state index contributed by atoms with van der Waals surface area (Å²) < 4.78 is 0. The van der Waals surface area contributed by atoms with Gasteiger partial charge in [-0.3, -0.25) is 39.2 Å². The number of thiazole rings is 1. The number of amides is 3. The van der Waals surface area contributed by atoms with E-state index in [-0.39, 0.29) is 46.0 Å². The topological polar surface area (TPSA) is 234 Å². The number of carboxylic acids is 1. The van der Waals surface area contributed by atoms with Crippen LogP contribution in [0.5, 0.6) is 0 Å². The number of aldehydes is 1. The third kappa shape index (κ3) is 4.69. The number of aromatic nitrogens is 1. The third-order valence-electron chi connectivity index (χ3n) is 5.92. The molecule has 210 valence electrons. The zero-order valence-electron chi connectivity index (χ0n) is 20.0. The van der Waals surface area contributed by atoms with Crippen molar-refractivity contribution in [1.29, 1.82) is 0 Å². The minimum atomic E-state index is -1.36. The second-order valence-electron chi connectivity index (χ2n) is 8.23. The van der Waals surface area contributed by atoms with Crippen molar-refractivity contribution in [2.24, 2.45) is 4.99 Å². The van der Waals surface area contributed by atoms with E-state index in [4.69, 9.17) is 10.9 Å². The number of carbonyl (C=O) groups excluding carboxylic acids is 4. The zero-order valence-corrected chi connectivity index (χ0v) is 22.4. The summed E-state index contributed by atoms with van der Waals surface area (Å²) in [5.41, 5.74) is 9.99. The summed E-state index contributed by atoms with van der Waals surface area (Å²) in [6.45, 7) is -0.420. The number of aliphatic carboxylic acids is 1. The van der Waals surface area contributed by atoms with E-state index in [0.717, 1.165) is 32.9 Å². The molecule has 0 aliphatic carbocycles. The van der Waals surface area contributed by atoms with Crippen molar-refractivity contribution in [2.45, 2.75) is 11.4 Å². The van der Waals surface area contributed by atoms with Crippen LogP contribution in [0.3, 0.4) is 0 Å². The molecule has 2 atom stereocenters. The van der Waals surface area contributed by atoms with Crippen molar-refractivity contribution in [3.8, 4) is 0 Å². The Kier molecular flexibility index (Phi) is 7.53. The Morgan fingerprint density at radius 2 is 2.15 bits per heavy atom. The van der Waals surface area contributed by atoms with E-state index in [1.165, 1.54) is 44.9 Å². The van der Waals surface area contributed by atoms with Gasteiger partial charge in [-0.1, -0.05) is 0 Å². The van der Waals surface area contributed by atoms with Crippen molar-refractivity contribution in [2.75, 3.05) is 28.9 Å². The van der Waals surface area contributed by atoms with Gasteiger partial charge in [-0.25, -0.2) is 25.3 Å². The molecular formula is C20H19N9O8S3. The van der Waals surface area contributed by atoms with Gasteiger partial charge in [0.15, 0.2) is 11.0 Å². The number of anilines is 2. The molecule has 7 N–H and O–H groups in total. The maximum Gasteiger partial charge on any atom is 0.352 e. The summed E-state index contributed by atoms with van der Waals surface area (Å²) in [4.78, 5) is 71.5. The van der Waals surface area contributed by atoms with Crippen LogP contribution in [0.1, 0.15) is 0 Å². The lowest BCUT2D eigenvalue weighted by Crippen LogP contribution is -2.72. The van der Waals surface area contributed by atoms with Crippen LogP contribution in [0.25, 0.3) is 0 Å². The molecule has 0 radical (unpaired) electrons. The normalized spacial score (nSPS) is 21.6. The molecule has 0 saturated carbocycles. The minimum absolute atomic E-state index is 0.0212. The fraction of sp³-hybridized carbons (Fsp3) is 0.250. The highest BCUT2D eigenvalue weighted by Crippen LogP contribution is 2.45. The molecule has 0 bridgehead atoms. The van der Waals surface area contributed by atoms with Crippen LogP contribution in [0.2, 0.25) is 0 Å². The van der Waals surface area contributed by atoms with Gasteiger partial charge in [-0.15, -0.1) is 40.4 Å². The molecule has 1 aromatic rings. The molecule has 40 heavy (non-hydrogen) atoms. The molecule has 5 heterocycles. The molecule has 1 fully saturated rings. The smallest absolute Gasteiger partial charge is 0.352 e. The first-order valence-electron chi connectivity index (χ1n) is 11.1. The molecule has 0 spiro atoms. The van der Waals surface area contributed by atoms with E-state index in [9.17, 15) is 34.2 Å². The zero-order chi connectivity index (χ0) is 28.7. The first-order valence-corrected chi connectivity index (χ1v) is 14.0. The van der Waals surface area contributed by atoms with Gasteiger partial charge in [0, 0.05) is 23.0 Å². The van der Waals surface area contributed by atoms with Crippen LogP contribution in [0, 0.1) is 0 Å². The summed E-state index contributed by atoms with van der Waals surface area (Å²) in [6.07, 6.45) is 2.82. The quantitative estimate of drug-likeness (QED) is 0.0596. The van der Waals surface area contributed by atoms with Gasteiger partial charge in [0.1, 0.15) is 35.4 Å². The molecular weight excluding hydrogens is 590 g/mol. The highest BCUT2D eigenvalue weighted by Gasteiger charge is 2.57. The number of nitrogen functional groups attached to an aromatic ring is 1. The summed E-state index contributed by atoms with van der Waals surface area (Å²) in [6, 6.07) is -1.16. The number of carbonyl (C=O) groups is 5. The summed E-state index contributed by atoms with van der Waals surface area (Å²) in [5.74, 6) is -3.46. The first kappa shape index (κ1) is 27.6. The number of aliphatic hydroxyl groups excluding tert-OH is 1. The van der Waals surface area contributed by atoms with Crippen molar-refractivity contribution >= 4 is 81.5 Å². The number of carboxylic acid groups (broad SMARTS) is 1. The Balaban J connectivity index is 1.40. The van der Waals surface area contributed by atoms with Crippen molar-refractivity contribution < 1.29 is 39.4 Å². The Labute approximate surface area is 236 Å². The molecule has 4 aliphatic heterocycles. The van der Waals surface area contributed by atoms with E-state index >= 15 is 0 Å². The highest BCUT2D eigenvalue weighted by molar-refractivity contribution is 8.03. The maximum absolute atomic E-state index is 13.3. The van der Waals surface area contributed by atoms with Crippen LogP contribution in [-0.2, 0) is 24.0 Å². The van der Waals surface area contributed by atoms with E-state index in [1.54, 1.807) is 0 Å². The molecule has 20 heteroatoms. The van der Waals surface area contributed by atoms with Gasteiger partial charge >= 0.3 is 5.97 Å². The fourth-order valence-corrected chi connectivity index (χ4v) is 7.29. The van der Waals surface area contributed by atoms with Gasteiger partial charge in [-0.2, -0.15) is 0 Å². The molecule has 4 aliphatic rings. The predicted molar refractivity (Wildman–Crippen MR) is 142 cm³/mol. The van der Waals surface area contributed by atoms with Gasteiger partial charge in [0.2, 0.25) is 6.29 Å². The number of hydrogen-bond donors (Lipinski definition) is 6. The monoisotopic (exact) mass is 609 g/mol. The summed E-state index contributed by atoms with van der Waals surface area (Å²) in [5, 5.41) is 32.4. The number of hydroxylamine groups is 1. The van der Waals surface area contributed by atoms with E-state index in [1.807, 2.05) is 0 Å². The van der Waals surface area contributed by atoms with Gasteiger partial charge in [0.25, 0.3) is 17.7 Å². The highest BCUT2D eigenvalue weighted by atomic mass is 32.2. The second-order valence-corrected chi connectivity index (χ2v) is 11.2. The van der Waals surface area contributed by atoms with Gasteiger partial charge in [0.05, 0.1) is 11.2 Å². The fourth-order valence-electron chi connectivity index (χ4n) is 4.21. The number of nitrogens with one attached hydrogen (secondary N) is 2. The number of nitrogens with zero attached hydrogens (tertiary/aromatic N) is 6. The van der Waals surface area contributed by atoms with Crippen LogP contribution in [0.4, 0.5) is 10.9 Å². The Hall–Kier alpha value is -3.95. The number of aliphatic imine (C=N–C) groups is 1. The molecule has 1 aromatic heterocycles. The largest absolute Gasteiger partial charge is 0.477 e. The predicted octanol–water partition coefficient (Wildman–Crippen LogP) is -1.80. The number of thioether (sulfide) groups is 2. The van der Waals surface area contributed by atoms with Crippen molar-refractivity contribution in [3.05, 3.63) is 39.8 Å². The van der Waals surface area contributed by atoms with Crippen LogP contribution >= 0.6 is 34.9 Å². The number of hydrogen-bond acceptors (Lipinski definition) is 16. The SMILES string of the molecule is Nc1nc(N(C(=O)C=O)[C@@H]2C(=O)N3C(C(=O)O)=C(CSC4=CC(C(=O)NO)=NC5=CN(CO)NN54)CS[C@H]23)cs1. The Morgan fingerprint density at radius 1 is 1.38 bits per heavy atom. The average Bonchev–Trinajstić information content (AvgIpc) is 3.58. The minimum Gasteiger partial charge on any atom is -0.477 e. The average molecular weight is 610 g/mol. The third-order valence-corrected chi connectivity index (χ3v) is 9.00. The lowest BCUT2D eigenvalue weighted by Gasteiger charge is -2.52. The summed E-state index contributed by atoms with van der Waals surface area (Å²) >= 11 is 3.35. The van der Waals surface area contributed by atoms with Crippen molar-refractivity contribution in [1.82, 2.24) is 30.9 Å². The number of nitrogens with two attached hydrogens (primary N) is 1. The standard InChI is InChI=1S/C20H19N9O8S3/c21-20-23-11(6-40-20)27(12(32)3-30)15-17(34)28-14(19(35)36)8(5-39-18(15)28)4-38-13-1-9(16(33)24-37)22-10-2-26(7-31)25-29(10)13/h1-3,6,15,18,25,31,37H,4-5,7H2,(H2,21,23)(H,24,33)(H,35,36)/t15-,18-/m1/s1. The number of rotatable bonds is 9. The number of β-lactam (4-membered cyclic amide) rings is 1. The Morgan fingerprint density at radius 3 is 2.77 bits per heavy atom. The van der Waals surface area contributed by atoms with Crippen LogP contribution in [0.15, 0.2) is 44.8 Å². The molecule has 3 amide bonds. The number of aliphatic hydroxyl groups is 1.